The van der Waals surface area contributed by atoms with Crippen molar-refractivity contribution >= 4 is 0 Å². The van der Waals surface area contributed by atoms with E-state index in [2.05, 4.69) is 19.1 Å². The van der Waals surface area contributed by atoms with E-state index < -0.39 is 6.10 Å². The van der Waals surface area contributed by atoms with Crippen LogP contribution in [0.1, 0.15) is 30.5 Å². The molecule has 2 atom stereocenters. The minimum Gasteiger partial charge on any atom is -0.390 e. The molecule has 0 spiro atoms. The summed E-state index contributed by atoms with van der Waals surface area (Å²) in [6, 6.07) is 7.66. The fraction of sp³-hybridized carbons (Fsp3) is 0.500. The molecule has 0 radical (unpaired) electrons. The Morgan fingerprint density at radius 2 is 1.87 bits per heavy atom. The van der Waals surface area contributed by atoms with Gasteiger partial charge in [0.1, 0.15) is 0 Å². The molecule has 1 rings (SSSR count). The molecule has 0 amide bonds. The number of aryl methyl sites for hydroxylation is 1. The van der Waals surface area contributed by atoms with Gasteiger partial charge in [-0.15, -0.1) is 0 Å². The van der Waals surface area contributed by atoms with Gasteiger partial charge in [0.2, 0.25) is 0 Å². The van der Waals surface area contributed by atoms with Gasteiger partial charge in [-0.25, -0.2) is 0 Å². The van der Waals surface area contributed by atoms with Crippen molar-refractivity contribution in [3.63, 3.8) is 0 Å². The monoisotopic (exact) mass is 208 g/mol. The Balaban J connectivity index is 2.70. The summed E-state index contributed by atoms with van der Waals surface area (Å²) in [4.78, 5) is 0. The minimum atomic E-state index is -0.665. The molecular weight excluding hydrogens is 188 g/mol. The second kappa shape index (κ2) is 5.85. The van der Waals surface area contributed by atoms with Crippen LogP contribution in [0, 0.1) is 0 Å². The highest BCUT2D eigenvalue weighted by Gasteiger charge is 2.14. The number of benzene rings is 1. The van der Waals surface area contributed by atoms with Crippen LogP contribution in [0.15, 0.2) is 24.3 Å². The van der Waals surface area contributed by atoms with Gasteiger partial charge in [-0.2, -0.15) is 0 Å². The molecule has 0 heterocycles. The molecule has 0 aliphatic heterocycles. The van der Waals surface area contributed by atoms with E-state index in [9.17, 15) is 5.11 Å². The first kappa shape index (κ1) is 12.2. The molecule has 5 N–H and O–H groups in total. The van der Waals surface area contributed by atoms with Crippen LogP contribution in [0.4, 0.5) is 0 Å². The lowest BCUT2D eigenvalue weighted by molar-refractivity contribution is 0.153. The standard InChI is InChI=1S/C12H20N2O/c1-2-3-9-4-6-10(7-5-9)12(14)11(15)8-13/h4-7,11-12,15H,2-3,8,13-14H2,1H3. The molecule has 0 aromatic heterocycles. The summed E-state index contributed by atoms with van der Waals surface area (Å²) >= 11 is 0. The average molecular weight is 208 g/mol. The van der Waals surface area contributed by atoms with Crippen molar-refractivity contribution in [2.24, 2.45) is 11.5 Å². The zero-order valence-corrected chi connectivity index (χ0v) is 9.19. The van der Waals surface area contributed by atoms with E-state index in [0.29, 0.717) is 0 Å². The predicted molar refractivity (Wildman–Crippen MR) is 62.4 cm³/mol. The van der Waals surface area contributed by atoms with Gasteiger partial charge in [0.15, 0.2) is 0 Å². The number of hydrogen-bond donors (Lipinski definition) is 3. The van der Waals surface area contributed by atoms with Gasteiger partial charge in [-0.1, -0.05) is 37.6 Å². The highest BCUT2D eigenvalue weighted by Crippen LogP contribution is 2.15. The van der Waals surface area contributed by atoms with E-state index in [1.165, 1.54) is 5.56 Å². The number of hydrogen-bond acceptors (Lipinski definition) is 3. The molecule has 0 saturated carbocycles. The van der Waals surface area contributed by atoms with E-state index in [-0.39, 0.29) is 12.6 Å². The van der Waals surface area contributed by atoms with E-state index in [0.717, 1.165) is 18.4 Å². The van der Waals surface area contributed by atoms with Crippen molar-refractivity contribution < 1.29 is 5.11 Å². The fourth-order valence-corrected chi connectivity index (χ4v) is 1.56. The molecule has 15 heavy (non-hydrogen) atoms. The highest BCUT2D eigenvalue weighted by molar-refractivity contribution is 5.25. The minimum absolute atomic E-state index is 0.192. The summed E-state index contributed by atoms with van der Waals surface area (Å²) in [5.74, 6) is 0. The molecule has 0 aliphatic rings. The van der Waals surface area contributed by atoms with Crippen LogP contribution in [-0.4, -0.2) is 17.8 Å². The first-order chi connectivity index (χ1) is 7.19. The lowest BCUT2D eigenvalue weighted by Crippen LogP contribution is -2.32. The van der Waals surface area contributed by atoms with Crippen LogP contribution >= 0.6 is 0 Å². The van der Waals surface area contributed by atoms with Gasteiger partial charge >= 0.3 is 0 Å². The van der Waals surface area contributed by atoms with Crippen molar-refractivity contribution in [1.82, 2.24) is 0 Å². The summed E-state index contributed by atoms with van der Waals surface area (Å²) in [6.07, 6.45) is 1.55. The van der Waals surface area contributed by atoms with Crippen LogP contribution in [0.2, 0.25) is 0 Å². The molecule has 0 fully saturated rings. The zero-order chi connectivity index (χ0) is 11.3. The lowest BCUT2D eigenvalue weighted by Gasteiger charge is -2.17. The van der Waals surface area contributed by atoms with Gasteiger partial charge < -0.3 is 16.6 Å². The molecule has 3 heteroatoms. The van der Waals surface area contributed by atoms with Crippen molar-refractivity contribution in [3.8, 4) is 0 Å². The Hall–Kier alpha value is -0.900. The second-order valence-electron chi connectivity index (χ2n) is 3.82. The molecule has 84 valence electrons. The van der Waals surface area contributed by atoms with Crippen molar-refractivity contribution in [2.75, 3.05) is 6.54 Å². The smallest absolute Gasteiger partial charge is 0.0854 e. The topological polar surface area (TPSA) is 72.3 Å². The first-order valence-electron chi connectivity index (χ1n) is 5.41. The van der Waals surface area contributed by atoms with E-state index >= 15 is 0 Å². The summed E-state index contributed by atoms with van der Waals surface area (Å²) in [7, 11) is 0. The van der Waals surface area contributed by atoms with Crippen LogP contribution in [0.3, 0.4) is 0 Å². The van der Waals surface area contributed by atoms with E-state index in [4.69, 9.17) is 11.5 Å². The summed E-state index contributed by atoms with van der Waals surface area (Å²) in [5.41, 5.74) is 13.4. The third-order valence-corrected chi connectivity index (χ3v) is 2.56. The number of nitrogens with two attached hydrogens (primary N) is 2. The quantitative estimate of drug-likeness (QED) is 0.675. The van der Waals surface area contributed by atoms with Gasteiger partial charge in [0, 0.05) is 6.54 Å². The summed E-state index contributed by atoms with van der Waals surface area (Å²) in [5, 5.41) is 9.50. The molecule has 0 aliphatic carbocycles. The maximum atomic E-state index is 9.50. The molecule has 0 bridgehead atoms. The Morgan fingerprint density at radius 1 is 1.27 bits per heavy atom. The number of rotatable bonds is 5. The first-order valence-corrected chi connectivity index (χ1v) is 5.41. The normalized spacial score (nSPS) is 14.9. The maximum Gasteiger partial charge on any atom is 0.0854 e. The molecule has 3 nitrogen and oxygen atoms in total. The van der Waals surface area contributed by atoms with Crippen LogP contribution in [0.25, 0.3) is 0 Å². The van der Waals surface area contributed by atoms with Gasteiger partial charge in [-0.05, 0) is 17.5 Å². The summed E-state index contributed by atoms with van der Waals surface area (Å²) < 4.78 is 0. The SMILES string of the molecule is CCCc1ccc(C(N)C(O)CN)cc1. The summed E-state index contributed by atoms with van der Waals surface area (Å²) in [6.45, 7) is 2.34. The highest BCUT2D eigenvalue weighted by atomic mass is 16.3. The maximum absolute atomic E-state index is 9.50. The predicted octanol–water partition coefficient (Wildman–Crippen LogP) is 0.958. The Bertz CT molecular complexity index is 284. The lowest BCUT2D eigenvalue weighted by atomic mass is 10.00. The van der Waals surface area contributed by atoms with Gasteiger partial charge in [0.05, 0.1) is 12.1 Å². The van der Waals surface area contributed by atoms with E-state index in [1.54, 1.807) is 0 Å². The third kappa shape index (κ3) is 3.30. The zero-order valence-electron chi connectivity index (χ0n) is 9.19. The van der Waals surface area contributed by atoms with E-state index in [1.807, 2.05) is 12.1 Å². The third-order valence-electron chi connectivity index (χ3n) is 2.56. The van der Waals surface area contributed by atoms with Gasteiger partial charge in [-0.3, -0.25) is 0 Å². The molecular formula is C12H20N2O. The second-order valence-corrected chi connectivity index (χ2v) is 3.82. The Morgan fingerprint density at radius 3 is 2.33 bits per heavy atom. The van der Waals surface area contributed by atoms with Crippen molar-refractivity contribution in [2.45, 2.75) is 31.9 Å². The van der Waals surface area contributed by atoms with Gasteiger partial charge in [0.25, 0.3) is 0 Å². The van der Waals surface area contributed by atoms with Crippen molar-refractivity contribution in [1.29, 1.82) is 0 Å². The Kier molecular flexibility index (Phi) is 4.75. The number of aliphatic hydroxyl groups is 1. The molecule has 0 saturated heterocycles. The van der Waals surface area contributed by atoms with Crippen LogP contribution < -0.4 is 11.5 Å². The largest absolute Gasteiger partial charge is 0.390 e. The molecule has 1 aromatic carbocycles. The molecule has 1 aromatic rings. The average Bonchev–Trinajstić information content (AvgIpc) is 2.28. The number of aliphatic hydroxyl groups excluding tert-OH is 1. The molecule has 2 unspecified atom stereocenters. The van der Waals surface area contributed by atoms with Crippen molar-refractivity contribution in [3.05, 3.63) is 35.4 Å². The fourth-order valence-electron chi connectivity index (χ4n) is 1.56. The Labute approximate surface area is 91.1 Å². The van der Waals surface area contributed by atoms with Crippen LogP contribution in [-0.2, 0) is 6.42 Å². The van der Waals surface area contributed by atoms with Crippen LogP contribution in [0.5, 0.6) is 0 Å².